The third kappa shape index (κ3) is 3.66. The summed E-state index contributed by atoms with van der Waals surface area (Å²) in [6.45, 7) is 0.418. The first-order chi connectivity index (χ1) is 13.2. The molecule has 0 unspecified atom stereocenters. The first-order valence-corrected chi connectivity index (χ1v) is 9.35. The molecule has 0 aliphatic carbocycles. The minimum Gasteiger partial charge on any atom is -0.363 e. The van der Waals surface area contributed by atoms with Crippen LogP contribution in [0.1, 0.15) is 16.1 Å². The molecule has 134 valence electrons. The highest BCUT2D eigenvalue weighted by molar-refractivity contribution is 7.13. The average molecular weight is 375 g/mol. The molecule has 4 aromatic rings. The zero-order valence-electron chi connectivity index (χ0n) is 14.7. The predicted octanol–water partition coefficient (Wildman–Crippen LogP) is 4.74. The summed E-state index contributed by atoms with van der Waals surface area (Å²) >= 11 is 1.57. The summed E-state index contributed by atoms with van der Waals surface area (Å²) < 4.78 is 5.07. The Morgan fingerprint density at radius 3 is 2.41 bits per heavy atom. The molecule has 2 aromatic carbocycles. The molecule has 0 aliphatic heterocycles. The van der Waals surface area contributed by atoms with E-state index in [0.29, 0.717) is 17.8 Å². The van der Waals surface area contributed by atoms with Crippen molar-refractivity contribution in [2.24, 2.45) is 0 Å². The fourth-order valence-corrected chi connectivity index (χ4v) is 3.62. The first-order valence-electron chi connectivity index (χ1n) is 8.47. The van der Waals surface area contributed by atoms with Gasteiger partial charge in [0.1, 0.15) is 22.5 Å². The van der Waals surface area contributed by atoms with E-state index in [-0.39, 0.29) is 5.91 Å². The van der Waals surface area contributed by atoms with Crippen LogP contribution in [0.4, 0.5) is 0 Å². The molecular formula is C21H17N3O2S. The number of nitrogens with zero attached hydrogens (tertiary/aromatic N) is 3. The van der Waals surface area contributed by atoms with Crippen molar-refractivity contribution in [1.29, 1.82) is 0 Å². The fourth-order valence-electron chi connectivity index (χ4n) is 2.81. The van der Waals surface area contributed by atoms with Gasteiger partial charge in [-0.2, -0.15) is 0 Å². The van der Waals surface area contributed by atoms with Crippen molar-refractivity contribution < 1.29 is 9.32 Å². The number of hydrogen-bond donors (Lipinski definition) is 0. The molecule has 4 rings (SSSR count). The highest BCUT2D eigenvalue weighted by Gasteiger charge is 2.21. The van der Waals surface area contributed by atoms with Gasteiger partial charge in [0.2, 0.25) is 0 Å². The summed E-state index contributed by atoms with van der Waals surface area (Å²) in [5, 5.41) is 6.93. The number of thiazole rings is 1. The van der Waals surface area contributed by atoms with E-state index in [1.54, 1.807) is 23.3 Å². The minimum atomic E-state index is -0.149. The molecule has 0 saturated carbocycles. The highest BCUT2D eigenvalue weighted by Crippen LogP contribution is 2.25. The van der Waals surface area contributed by atoms with Gasteiger partial charge < -0.3 is 9.42 Å². The van der Waals surface area contributed by atoms with Gasteiger partial charge in [-0.1, -0.05) is 65.8 Å². The summed E-state index contributed by atoms with van der Waals surface area (Å²) in [6, 6.07) is 19.6. The molecule has 0 radical (unpaired) electrons. The number of carbonyl (C=O) groups is 1. The van der Waals surface area contributed by atoms with Gasteiger partial charge in [-0.15, -0.1) is 11.3 Å². The first kappa shape index (κ1) is 17.2. The molecule has 0 saturated heterocycles. The quantitative estimate of drug-likeness (QED) is 0.506. The summed E-state index contributed by atoms with van der Waals surface area (Å²) in [7, 11) is 1.76. The SMILES string of the molecule is CN(Cc1csc(-c2ccccc2)n1)C(=O)c1conc1-c1ccccc1. The number of benzene rings is 2. The minimum absolute atomic E-state index is 0.149. The Morgan fingerprint density at radius 2 is 1.70 bits per heavy atom. The van der Waals surface area contributed by atoms with E-state index in [9.17, 15) is 4.79 Å². The van der Waals surface area contributed by atoms with Crippen molar-refractivity contribution in [1.82, 2.24) is 15.0 Å². The maximum atomic E-state index is 12.9. The normalized spacial score (nSPS) is 10.7. The van der Waals surface area contributed by atoms with Gasteiger partial charge in [-0.25, -0.2) is 4.98 Å². The van der Waals surface area contributed by atoms with Crippen LogP contribution >= 0.6 is 11.3 Å². The maximum Gasteiger partial charge on any atom is 0.259 e. The van der Waals surface area contributed by atoms with Crippen LogP contribution in [-0.4, -0.2) is 28.0 Å². The Labute approximate surface area is 160 Å². The van der Waals surface area contributed by atoms with E-state index in [0.717, 1.165) is 21.8 Å². The molecule has 2 heterocycles. The molecule has 0 atom stereocenters. The Morgan fingerprint density at radius 1 is 1.04 bits per heavy atom. The van der Waals surface area contributed by atoms with E-state index in [1.807, 2.05) is 66.0 Å². The van der Waals surface area contributed by atoms with Gasteiger partial charge in [0.25, 0.3) is 5.91 Å². The van der Waals surface area contributed by atoms with Crippen LogP contribution < -0.4 is 0 Å². The smallest absolute Gasteiger partial charge is 0.259 e. The van der Waals surface area contributed by atoms with Gasteiger partial charge in [0.15, 0.2) is 0 Å². The van der Waals surface area contributed by atoms with Crippen LogP contribution in [-0.2, 0) is 6.54 Å². The van der Waals surface area contributed by atoms with E-state index < -0.39 is 0 Å². The molecule has 6 heteroatoms. The molecule has 0 spiro atoms. The van der Waals surface area contributed by atoms with Crippen molar-refractivity contribution in [3.05, 3.63) is 83.6 Å². The van der Waals surface area contributed by atoms with Gasteiger partial charge in [0.05, 0.1) is 12.2 Å². The van der Waals surface area contributed by atoms with Crippen LogP contribution in [0, 0.1) is 0 Å². The Bertz CT molecular complexity index is 1040. The zero-order chi connectivity index (χ0) is 18.6. The van der Waals surface area contributed by atoms with E-state index in [4.69, 9.17) is 4.52 Å². The molecule has 0 fully saturated rings. The van der Waals surface area contributed by atoms with Crippen molar-refractivity contribution in [2.45, 2.75) is 6.54 Å². The molecule has 2 aromatic heterocycles. The van der Waals surface area contributed by atoms with Gasteiger partial charge in [0, 0.05) is 23.6 Å². The second-order valence-electron chi connectivity index (χ2n) is 6.11. The predicted molar refractivity (Wildman–Crippen MR) is 105 cm³/mol. The average Bonchev–Trinajstić information content (AvgIpc) is 3.38. The second kappa shape index (κ2) is 7.55. The Kier molecular flexibility index (Phi) is 4.80. The summed E-state index contributed by atoms with van der Waals surface area (Å²) in [5.74, 6) is -0.149. The number of carbonyl (C=O) groups excluding carboxylic acids is 1. The number of aromatic nitrogens is 2. The number of rotatable bonds is 5. The largest absolute Gasteiger partial charge is 0.363 e. The molecule has 0 N–H and O–H groups in total. The lowest BCUT2D eigenvalue weighted by Crippen LogP contribution is -2.26. The maximum absolute atomic E-state index is 12.9. The standard InChI is InChI=1S/C21H17N3O2S/c1-24(12-17-14-27-20(22-17)16-10-6-3-7-11-16)21(25)18-13-26-23-19(18)15-8-4-2-5-9-15/h2-11,13-14H,12H2,1H3. The van der Waals surface area contributed by atoms with E-state index >= 15 is 0 Å². The van der Waals surface area contributed by atoms with Crippen LogP contribution in [0.15, 0.2) is 76.8 Å². The topological polar surface area (TPSA) is 59.2 Å². The summed E-state index contributed by atoms with van der Waals surface area (Å²) in [6.07, 6.45) is 1.40. The van der Waals surface area contributed by atoms with Gasteiger partial charge in [-0.05, 0) is 0 Å². The monoisotopic (exact) mass is 375 g/mol. The van der Waals surface area contributed by atoms with Crippen molar-refractivity contribution in [3.63, 3.8) is 0 Å². The van der Waals surface area contributed by atoms with Crippen LogP contribution in [0.2, 0.25) is 0 Å². The second-order valence-corrected chi connectivity index (χ2v) is 6.97. The number of hydrogen-bond acceptors (Lipinski definition) is 5. The highest BCUT2D eigenvalue weighted by atomic mass is 32.1. The summed E-state index contributed by atoms with van der Waals surface area (Å²) in [5.41, 5.74) is 3.78. The molecule has 5 nitrogen and oxygen atoms in total. The van der Waals surface area contributed by atoms with E-state index in [2.05, 4.69) is 10.1 Å². The van der Waals surface area contributed by atoms with Gasteiger partial charge in [-0.3, -0.25) is 4.79 Å². The molecular weight excluding hydrogens is 358 g/mol. The van der Waals surface area contributed by atoms with Crippen LogP contribution in [0.25, 0.3) is 21.8 Å². The summed E-state index contributed by atoms with van der Waals surface area (Å²) in [4.78, 5) is 19.2. The van der Waals surface area contributed by atoms with Crippen molar-refractivity contribution in [2.75, 3.05) is 7.05 Å². The van der Waals surface area contributed by atoms with Gasteiger partial charge >= 0.3 is 0 Å². The van der Waals surface area contributed by atoms with Crippen LogP contribution in [0.3, 0.4) is 0 Å². The molecule has 1 amide bonds. The number of amides is 1. The lowest BCUT2D eigenvalue weighted by atomic mass is 10.1. The van der Waals surface area contributed by atoms with Crippen molar-refractivity contribution >= 4 is 17.2 Å². The lowest BCUT2D eigenvalue weighted by molar-refractivity contribution is 0.0783. The Hall–Kier alpha value is -3.25. The van der Waals surface area contributed by atoms with Crippen LogP contribution in [0.5, 0.6) is 0 Å². The van der Waals surface area contributed by atoms with Crippen molar-refractivity contribution in [3.8, 4) is 21.8 Å². The zero-order valence-corrected chi connectivity index (χ0v) is 15.5. The lowest BCUT2D eigenvalue weighted by Gasteiger charge is -2.15. The third-order valence-corrected chi connectivity index (χ3v) is 5.11. The molecule has 0 bridgehead atoms. The molecule has 0 aliphatic rings. The fraction of sp³-hybridized carbons (Fsp3) is 0.0952. The third-order valence-electron chi connectivity index (χ3n) is 4.17. The van der Waals surface area contributed by atoms with E-state index in [1.165, 1.54) is 6.26 Å². The Balaban J connectivity index is 1.51. The molecule has 27 heavy (non-hydrogen) atoms.